The van der Waals surface area contributed by atoms with E-state index in [0.717, 1.165) is 6.26 Å². The number of methoxy groups -OCH3 is 2. The second-order valence-corrected chi connectivity index (χ2v) is 7.06. The Hall–Kier alpha value is -2.58. The second-order valence-electron chi connectivity index (χ2n) is 5.42. The van der Waals surface area contributed by atoms with Crippen molar-refractivity contribution in [3.05, 3.63) is 59.2 Å². The molecule has 0 aromatic heterocycles. The molecule has 8 heteroatoms. The molecule has 0 fully saturated rings. The number of ether oxygens (including phenoxy) is 3. The van der Waals surface area contributed by atoms with E-state index < -0.39 is 16.1 Å². The number of rotatable bonds is 8. The molecule has 140 valence electrons. The molecule has 0 aliphatic carbocycles. The topological polar surface area (TPSA) is 88.1 Å². The van der Waals surface area contributed by atoms with E-state index in [1.165, 1.54) is 14.2 Å². The predicted octanol–water partition coefficient (Wildman–Crippen LogP) is 2.54. The molecule has 0 unspecified atom stereocenters. The zero-order valence-corrected chi connectivity index (χ0v) is 15.5. The summed E-state index contributed by atoms with van der Waals surface area (Å²) in [6, 6.07) is 11.8. The van der Waals surface area contributed by atoms with Crippen molar-refractivity contribution in [3.63, 3.8) is 0 Å². The highest BCUT2D eigenvalue weighted by atomic mass is 32.2. The summed E-state index contributed by atoms with van der Waals surface area (Å²) in [5.74, 6) is 0.660. The molecule has 0 saturated carbocycles. The lowest BCUT2D eigenvalue weighted by Gasteiger charge is -2.12. The molecule has 2 rings (SSSR count). The minimum absolute atomic E-state index is 0.0722. The van der Waals surface area contributed by atoms with E-state index in [1.807, 2.05) is 0 Å². The van der Waals surface area contributed by atoms with Crippen LogP contribution in [0, 0.1) is 0 Å². The molecular formula is C18H20O7S. The maximum absolute atomic E-state index is 11.7. The first kappa shape index (κ1) is 19.7. The average molecular weight is 380 g/mol. The van der Waals surface area contributed by atoms with Gasteiger partial charge in [0.1, 0.15) is 18.1 Å². The van der Waals surface area contributed by atoms with Gasteiger partial charge in [-0.3, -0.25) is 4.18 Å². The lowest BCUT2D eigenvalue weighted by atomic mass is 10.1. The fraction of sp³-hybridized carbons (Fsp3) is 0.278. The second kappa shape index (κ2) is 8.68. The van der Waals surface area contributed by atoms with E-state index in [2.05, 4.69) is 0 Å². The van der Waals surface area contributed by atoms with Crippen molar-refractivity contribution in [2.24, 2.45) is 0 Å². The van der Waals surface area contributed by atoms with E-state index in [-0.39, 0.29) is 13.2 Å². The van der Waals surface area contributed by atoms with Crippen molar-refractivity contribution in [1.29, 1.82) is 0 Å². The van der Waals surface area contributed by atoms with Crippen LogP contribution in [-0.4, -0.2) is 34.9 Å². The third-order valence-corrected chi connectivity index (χ3v) is 3.98. The van der Waals surface area contributed by atoms with Crippen LogP contribution in [0.2, 0.25) is 0 Å². The highest BCUT2D eigenvalue weighted by Gasteiger charge is 2.11. The Bertz CT molecular complexity index is 875. The van der Waals surface area contributed by atoms with E-state index in [4.69, 9.17) is 18.4 Å². The van der Waals surface area contributed by atoms with Gasteiger partial charge in [-0.25, -0.2) is 4.79 Å². The first-order chi connectivity index (χ1) is 12.3. The van der Waals surface area contributed by atoms with Crippen molar-refractivity contribution >= 4 is 16.1 Å². The number of carbonyl (C=O) groups excluding carboxylic acids is 1. The smallest absolute Gasteiger partial charge is 0.337 e. The summed E-state index contributed by atoms with van der Waals surface area (Å²) in [6.07, 6.45) is 0.994. The van der Waals surface area contributed by atoms with Crippen LogP contribution in [0.3, 0.4) is 0 Å². The van der Waals surface area contributed by atoms with Crippen LogP contribution >= 0.6 is 0 Å². The molecule has 0 aliphatic rings. The van der Waals surface area contributed by atoms with Gasteiger partial charge >= 0.3 is 5.97 Å². The van der Waals surface area contributed by atoms with Crippen molar-refractivity contribution in [3.8, 4) is 11.5 Å². The molecule has 0 heterocycles. The van der Waals surface area contributed by atoms with E-state index >= 15 is 0 Å². The number of carbonyl (C=O) groups is 1. The minimum Gasteiger partial charge on any atom is -0.496 e. The normalized spacial score (nSPS) is 11.0. The van der Waals surface area contributed by atoms with Gasteiger partial charge in [0.25, 0.3) is 10.1 Å². The Morgan fingerprint density at radius 2 is 1.81 bits per heavy atom. The molecule has 0 saturated heterocycles. The van der Waals surface area contributed by atoms with Gasteiger partial charge in [0.05, 0.1) is 32.6 Å². The summed E-state index contributed by atoms with van der Waals surface area (Å²) in [5, 5.41) is 0. The first-order valence-corrected chi connectivity index (χ1v) is 9.45. The molecule has 0 atom stereocenters. The highest BCUT2D eigenvalue weighted by Crippen LogP contribution is 2.23. The Labute approximate surface area is 152 Å². The molecule has 0 aliphatic heterocycles. The third-order valence-electron chi connectivity index (χ3n) is 3.43. The molecular weight excluding hydrogens is 360 g/mol. The van der Waals surface area contributed by atoms with Gasteiger partial charge in [-0.05, 0) is 35.9 Å². The van der Waals surface area contributed by atoms with Crippen LogP contribution in [0.1, 0.15) is 21.5 Å². The molecule has 7 nitrogen and oxygen atoms in total. The lowest BCUT2D eigenvalue weighted by molar-refractivity contribution is 0.0600. The number of benzene rings is 2. The number of esters is 1. The van der Waals surface area contributed by atoms with Crippen LogP contribution in [-0.2, 0) is 32.3 Å². The Balaban J connectivity index is 2.11. The van der Waals surface area contributed by atoms with Crippen LogP contribution < -0.4 is 9.47 Å². The summed E-state index contributed by atoms with van der Waals surface area (Å²) < 4.78 is 42.7. The highest BCUT2D eigenvalue weighted by molar-refractivity contribution is 7.85. The van der Waals surface area contributed by atoms with Crippen molar-refractivity contribution in [2.75, 3.05) is 20.5 Å². The van der Waals surface area contributed by atoms with Crippen LogP contribution in [0.25, 0.3) is 0 Å². The monoisotopic (exact) mass is 380 g/mol. The Kier molecular flexibility index (Phi) is 6.59. The average Bonchev–Trinajstić information content (AvgIpc) is 2.63. The number of hydrogen-bond acceptors (Lipinski definition) is 7. The zero-order valence-electron chi connectivity index (χ0n) is 14.7. The largest absolute Gasteiger partial charge is 0.496 e. The molecule has 2 aromatic rings. The third kappa shape index (κ3) is 5.75. The van der Waals surface area contributed by atoms with Gasteiger partial charge in [-0.2, -0.15) is 8.42 Å². The summed E-state index contributed by atoms with van der Waals surface area (Å²) in [7, 11) is -0.676. The maximum atomic E-state index is 11.7. The molecule has 0 bridgehead atoms. The van der Waals surface area contributed by atoms with Crippen LogP contribution in [0.15, 0.2) is 42.5 Å². The fourth-order valence-corrected chi connectivity index (χ4v) is 2.55. The van der Waals surface area contributed by atoms with Crippen molar-refractivity contribution < 1.29 is 31.6 Å². The summed E-state index contributed by atoms with van der Waals surface area (Å²) in [4.78, 5) is 11.7. The zero-order chi connectivity index (χ0) is 19.2. The maximum Gasteiger partial charge on any atom is 0.337 e. The first-order valence-electron chi connectivity index (χ1n) is 7.64. The quantitative estimate of drug-likeness (QED) is 0.514. The minimum atomic E-state index is -3.52. The van der Waals surface area contributed by atoms with E-state index in [9.17, 15) is 13.2 Å². The standard InChI is InChI=1S/C18H20O7S/c1-22-17-8-7-14(18(19)23-2)10-15(17)12-24-16-6-4-5-13(9-16)11-25-26(3,20)21/h4-10H,11-12H2,1-3H3. The van der Waals surface area contributed by atoms with E-state index in [1.54, 1.807) is 42.5 Å². The Morgan fingerprint density at radius 3 is 2.46 bits per heavy atom. The SMILES string of the molecule is COC(=O)c1ccc(OC)c(COc2cccc(COS(C)(=O)=O)c2)c1. The van der Waals surface area contributed by atoms with Crippen LogP contribution in [0.4, 0.5) is 0 Å². The van der Waals surface area contributed by atoms with Gasteiger partial charge in [-0.1, -0.05) is 12.1 Å². The number of hydrogen-bond donors (Lipinski definition) is 0. The molecule has 2 aromatic carbocycles. The summed E-state index contributed by atoms with van der Waals surface area (Å²) in [5.41, 5.74) is 1.72. The van der Waals surface area contributed by atoms with Crippen molar-refractivity contribution in [1.82, 2.24) is 0 Å². The van der Waals surface area contributed by atoms with Gasteiger partial charge in [0.2, 0.25) is 0 Å². The summed E-state index contributed by atoms with van der Waals surface area (Å²) >= 11 is 0. The molecule has 0 amide bonds. The predicted molar refractivity (Wildman–Crippen MR) is 94.7 cm³/mol. The molecule has 0 spiro atoms. The molecule has 0 radical (unpaired) electrons. The summed E-state index contributed by atoms with van der Waals surface area (Å²) in [6.45, 7) is 0.0849. The van der Waals surface area contributed by atoms with Crippen molar-refractivity contribution in [2.45, 2.75) is 13.2 Å². The lowest BCUT2D eigenvalue weighted by Crippen LogP contribution is -2.05. The molecule has 26 heavy (non-hydrogen) atoms. The fourth-order valence-electron chi connectivity index (χ4n) is 2.20. The van der Waals surface area contributed by atoms with Gasteiger partial charge in [0.15, 0.2) is 0 Å². The van der Waals surface area contributed by atoms with Gasteiger partial charge in [0, 0.05) is 5.56 Å². The van der Waals surface area contributed by atoms with Gasteiger partial charge < -0.3 is 14.2 Å². The van der Waals surface area contributed by atoms with E-state index in [0.29, 0.717) is 28.2 Å². The molecule has 0 N–H and O–H groups in total. The van der Waals surface area contributed by atoms with Gasteiger partial charge in [-0.15, -0.1) is 0 Å². The van der Waals surface area contributed by atoms with Crippen LogP contribution in [0.5, 0.6) is 11.5 Å². The Morgan fingerprint density at radius 1 is 1.04 bits per heavy atom.